The van der Waals surface area contributed by atoms with Crippen molar-refractivity contribution >= 4 is 27.9 Å². The molecule has 2 heterocycles. The molecule has 0 atom stereocenters. The number of methoxy groups -OCH3 is 2. The molecule has 0 aliphatic rings. The van der Waals surface area contributed by atoms with Crippen LogP contribution in [0.4, 0.5) is 5.69 Å². The van der Waals surface area contributed by atoms with Crippen LogP contribution in [-0.2, 0) is 11.2 Å². The van der Waals surface area contributed by atoms with Crippen molar-refractivity contribution in [2.45, 2.75) is 13.3 Å². The van der Waals surface area contributed by atoms with Gasteiger partial charge in [0.05, 0.1) is 32.0 Å². The fraction of sp³-hybridized carbons (Fsp3) is 0.182. The minimum Gasteiger partial charge on any atom is -0.497 e. The molecule has 1 N–H and O–H groups in total. The molecular formula is C22H21N3O3S. The molecule has 0 saturated heterocycles. The zero-order valence-electron chi connectivity index (χ0n) is 16.4. The molecule has 4 aromatic rings. The lowest BCUT2D eigenvalue weighted by Crippen LogP contribution is -2.15. The molecule has 2 aromatic heterocycles. The first-order valence-corrected chi connectivity index (χ1v) is 9.99. The summed E-state index contributed by atoms with van der Waals surface area (Å²) in [5.41, 5.74) is 4.66. The lowest BCUT2D eigenvalue weighted by Gasteiger charge is -2.11. The van der Waals surface area contributed by atoms with Gasteiger partial charge in [0.25, 0.3) is 0 Å². The molecule has 0 unspecified atom stereocenters. The van der Waals surface area contributed by atoms with Gasteiger partial charge >= 0.3 is 0 Å². The molecule has 4 rings (SSSR count). The summed E-state index contributed by atoms with van der Waals surface area (Å²) in [6.07, 6.45) is 2.21. The van der Waals surface area contributed by atoms with Gasteiger partial charge < -0.3 is 14.8 Å². The largest absolute Gasteiger partial charge is 0.497 e. The summed E-state index contributed by atoms with van der Waals surface area (Å²) in [6, 6.07) is 13.5. The maximum atomic E-state index is 12.6. The highest BCUT2D eigenvalue weighted by atomic mass is 32.1. The SMILES string of the molecule is COc1ccc(NC(=O)Cc2csc3nc(-c4ccc(C)cc4)cn23)c(OC)c1. The summed E-state index contributed by atoms with van der Waals surface area (Å²) < 4.78 is 12.5. The summed E-state index contributed by atoms with van der Waals surface area (Å²) in [6.45, 7) is 2.06. The number of aryl methyl sites for hydroxylation is 1. The van der Waals surface area contributed by atoms with Crippen LogP contribution in [0.15, 0.2) is 54.0 Å². The molecule has 0 aliphatic heterocycles. The van der Waals surface area contributed by atoms with Crippen molar-refractivity contribution in [3.05, 3.63) is 65.3 Å². The Labute approximate surface area is 172 Å². The highest BCUT2D eigenvalue weighted by Crippen LogP contribution is 2.29. The lowest BCUT2D eigenvalue weighted by atomic mass is 10.1. The molecule has 0 bridgehead atoms. The van der Waals surface area contributed by atoms with Crippen molar-refractivity contribution in [1.82, 2.24) is 9.38 Å². The Bertz CT molecular complexity index is 1160. The van der Waals surface area contributed by atoms with Crippen molar-refractivity contribution in [2.75, 3.05) is 19.5 Å². The number of carbonyl (C=O) groups is 1. The smallest absolute Gasteiger partial charge is 0.230 e. The van der Waals surface area contributed by atoms with Gasteiger partial charge in [-0.3, -0.25) is 9.20 Å². The summed E-state index contributed by atoms with van der Waals surface area (Å²) in [7, 11) is 3.15. The number of fused-ring (bicyclic) bond motifs is 1. The number of thiazole rings is 1. The summed E-state index contributed by atoms with van der Waals surface area (Å²) in [4.78, 5) is 18.2. The highest BCUT2D eigenvalue weighted by molar-refractivity contribution is 7.15. The van der Waals surface area contributed by atoms with Crippen molar-refractivity contribution in [1.29, 1.82) is 0 Å². The number of ether oxygens (including phenoxy) is 2. The van der Waals surface area contributed by atoms with E-state index in [1.165, 1.54) is 16.9 Å². The maximum Gasteiger partial charge on any atom is 0.230 e. The quantitative estimate of drug-likeness (QED) is 0.509. The van der Waals surface area contributed by atoms with Crippen LogP contribution in [0.5, 0.6) is 11.5 Å². The molecule has 0 spiro atoms. The third kappa shape index (κ3) is 3.95. The molecule has 1 amide bonds. The number of amides is 1. The first-order chi connectivity index (χ1) is 14.1. The van der Waals surface area contributed by atoms with Gasteiger partial charge in [0.2, 0.25) is 5.91 Å². The number of benzene rings is 2. The third-order valence-electron chi connectivity index (χ3n) is 4.66. The molecular weight excluding hydrogens is 386 g/mol. The van der Waals surface area contributed by atoms with Crippen LogP contribution in [0.3, 0.4) is 0 Å². The normalized spacial score (nSPS) is 10.9. The zero-order valence-corrected chi connectivity index (χ0v) is 17.2. The predicted molar refractivity (Wildman–Crippen MR) is 115 cm³/mol. The Hall–Kier alpha value is -3.32. The van der Waals surface area contributed by atoms with Crippen molar-refractivity contribution in [3.8, 4) is 22.8 Å². The van der Waals surface area contributed by atoms with Gasteiger partial charge in [-0.15, -0.1) is 11.3 Å². The second-order valence-electron chi connectivity index (χ2n) is 6.66. The van der Waals surface area contributed by atoms with Gasteiger partial charge in [-0.25, -0.2) is 4.98 Å². The molecule has 0 aliphatic carbocycles. The van der Waals surface area contributed by atoms with Crippen molar-refractivity contribution in [2.24, 2.45) is 0 Å². The van der Waals surface area contributed by atoms with E-state index in [9.17, 15) is 4.79 Å². The fourth-order valence-electron chi connectivity index (χ4n) is 3.08. The van der Waals surface area contributed by atoms with Crippen LogP contribution in [0.1, 0.15) is 11.3 Å². The number of hydrogen-bond acceptors (Lipinski definition) is 5. The number of anilines is 1. The van der Waals surface area contributed by atoms with E-state index in [4.69, 9.17) is 9.47 Å². The summed E-state index contributed by atoms with van der Waals surface area (Å²) in [5, 5.41) is 4.88. The van der Waals surface area contributed by atoms with E-state index < -0.39 is 0 Å². The Morgan fingerprint density at radius 2 is 1.93 bits per heavy atom. The first-order valence-electron chi connectivity index (χ1n) is 9.12. The van der Waals surface area contributed by atoms with Gasteiger partial charge in [-0.2, -0.15) is 0 Å². The van der Waals surface area contributed by atoms with Crippen LogP contribution < -0.4 is 14.8 Å². The van der Waals surface area contributed by atoms with Crippen molar-refractivity contribution < 1.29 is 14.3 Å². The fourth-order valence-corrected chi connectivity index (χ4v) is 3.95. The van der Waals surface area contributed by atoms with Gasteiger partial charge in [0.1, 0.15) is 11.5 Å². The molecule has 2 aromatic carbocycles. The van der Waals surface area contributed by atoms with E-state index in [2.05, 4.69) is 41.5 Å². The van der Waals surface area contributed by atoms with Crippen molar-refractivity contribution in [3.63, 3.8) is 0 Å². The Balaban J connectivity index is 1.53. The number of hydrogen-bond donors (Lipinski definition) is 1. The zero-order chi connectivity index (χ0) is 20.4. The van der Waals surface area contributed by atoms with Gasteiger partial charge in [-0.05, 0) is 19.1 Å². The molecule has 7 heteroatoms. The molecule has 0 saturated carbocycles. The number of carbonyl (C=O) groups excluding carboxylic acids is 1. The number of nitrogens with one attached hydrogen (secondary N) is 1. The lowest BCUT2D eigenvalue weighted by molar-refractivity contribution is -0.115. The number of rotatable bonds is 6. The van der Waals surface area contributed by atoms with E-state index in [0.29, 0.717) is 17.2 Å². The standard InChI is InChI=1S/C22H21N3O3S/c1-14-4-6-15(7-5-14)19-12-25-16(13-29-22(25)24-19)10-21(26)23-18-9-8-17(27-2)11-20(18)28-3/h4-9,11-13H,10H2,1-3H3,(H,23,26). The monoisotopic (exact) mass is 407 g/mol. The molecule has 148 valence electrons. The van der Waals surface area contributed by atoms with E-state index in [-0.39, 0.29) is 12.3 Å². The topological polar surface area (TPSA) is 64.9 Å². The molecule has 29 heavy (non-hydrogen) atoms. The first kappa shape index (κ1) is 19.0. The van der Waals surface area contributed by atoms with Crippen LogP contribution >= 0.6 is 11.3 Å². The minimum absolute atomic E-state index is 0.126. The maximum absolute atomic E-state index is 12.6. The van der Waals surface area contributed by atoms with Gasteiger partial charge in [0.15, 0.2) is 4.96 Å². The van der Waals surface area contributed by atoms with E-state index >= 15 is 0 Å². The second-order valence-corrected chi connectivity index (χ2v) is 7.50. The predicted octanol–water partition coefficient (Wildman–Crippen LogP) is 4.57. The number of imidazole rings is 1. The Morgan fingerprint density at radius 1 is 1.14 bits per heavy atom. The van der Waals surface area contributed by atoms with E-state index in [0.717, 1.165) is 21.9 Å². The van der Waals surface area contributed by atoms with Crippen LogP contribution in [0, 0.1) is 6.92 Å². The summed E-state index contributed by atoms with van der Waals surface area (Å²) >= 11 is 1.52. The van der Waals surface area contributed by atoms with E-state index in [1.54, 1.807) is 32.4 Å². The molecule has 6 nitrogen and oxygen atoms in total. The summed E-state index contributed by atoms with van der Waals surface area (Å²) in [5.74, 6) is 1.10. The third-order valence-corrected chi connectivity index (χ3v) is 5.54. The Kier molecular flexibility index (Phi) is 5.22. The molecule has 0 radical (unpaired) electrons. The van der Waals surface area contributed by atoms with Gasteiger partial charge in [0, 0.05) is 28.9 Å². The Morgan fingerprint density at radius 3 is 2.66 bits per heavy atom. The molecule has 0 fully saturated rings. The average molecular weight is 407 g/mol. The number of aromatic nitrogens is 2. The number of nitrogens with zero attached hydrogens (tertiary/aromatic N) is 2. The van der Waals surface area contributed by atoms with Crippen LogP contribution in [0.25, 0.3) is 16.2 Å². The van der Waals surface area contributed by atoms with E-state index in [1.807, 2.05) is 16.0 Å². The van der Waals surface area contributed by atoms with Gasteiger partial charge in [-0.1, -0.05) is 29.8 Å². The highest BCUT2D eigenvalue weighted by Gasteiger charge is 2.14. The van der Waals surface area contributed by atoms with Crippen LogP contribution in [0.2, 0.25) is 0 Å². The second kappa shape index (κ2) is 7.97. The average Bonchev–Trinajstić information content (AvgIpc) is 3.31. The minimum atomic E-state index is -0.126. The van der Waals surface area contributed by atoms with Crippen LogP contribution in [-0.4, -0.2) is 29.5 Å².